The number of aromatic nitrogens is 2. The van der Waals surface area contributed by atoms with Crippen LogP contribution in [0.3, 0.4) is 0 Å². The summed E-state index contributed by atoms with van der Waals surface area (Å²) in [5.41, 5.74) is -1.36. The van der Waals surface area contributed by atoms with Gasteiger partial charge in [0.1, 0.15) is 18.2 Å². The van der Waals surface area contributed by atoms with Gasteiger partial charge in [0.05, 0.1) is 17.7 Å². The Kier molecular flexibility index (Phi) is 5.92. The molecular weight excluding hydrogens is 381 g/mol. The number of halogens is 5. The Morgan fingerprint density at radius 2 is 1.89 bits per heavy atom. The lowest BCUT2D eigenvalue weighted by Gasteiger charge is -2.31. The van der Waals surface area contributed by atoms with E-state index in [4.69, 9.17) is 4.74 Å². The second kappa shape index (κ2) is 8.06. The van der Waals surface area contributed by atoms with Crippen LogP contribution in [0.1, 0.15) is 36.9 Å². The molecule has 0 radical (unpaired) electrons. The highest BCUT2D eigenvalue weighted by Gasteiger charge is 2.56. The topological polar surface area (TPSA) is 39.1 Å². The van der Waals surface area contributed by atoms with Crippen LogP contribution in [0.5, 0.6) is 5.88 Å². The molecule has 1 fully saturated rings. The molecular formula is C19H22F5N3O. The molecule has 1 heterocycles. The first-order valence-corrected chi connectivity index (χ1v) is 9.09. The first kappa shape index (κ1) is 20.6. The van der Waals surface area contributed by atoms with Gasteiger partial charge in [0, 0.05) is 18.2 Å². The van der Waals surface area contributed by atoms with Gasteiger partial charge in [-0.25, -0.2) is 13.5 Å². The number of benzene rings is 1. The van der Waals surface area contributed by atoms with E-state index >= 15 is 0 Å². The van der Waals surface area contributed by atoms with Crippen LogP contribution < -0.4 is 10.1 Å². The highest BCUT2D eigenvalue weighted by Crippen LogP contribution is 2.51. The van der Waals surface area contributed by atoms with Crippen LogP contribution in [0.15, 0.2) is 24.3 Å². The van der Waals surface area contributed by atoms with Crippen molar-refractivity contribution in [2.45, 2.75) is 51.6 Å². The largest absolute Gasteiger partial charge is 0.473 e. The molecule has 0 atom stereocenters. The van der Waals surface area contributed by atoms with Crippen LogP contribution in [-0.4, -0.2) is 23.0 Å². The molecule has 1 saturated carbocycles. The minimum atomic E-state index is -4.36. The van der Waals surface area contributed by atoms with Crippen molar-refractivity contribution >= 4 is 0 Å². The lowest BCUT2D eigenvalue weighted by molar-refractivity contribution is -0.228. The zero-order valence-electron chi connectivity index (χ0n) is 15.5. The van der Waals surface area contributed by atoms with Gasteiger partial charge in [-0.15, -0.1) is 0 Å². The van der Waals surface area contributed by atoms with Gasteiger partial charge in [-0.05, 0) is 38.1 Å². The average molecular weight is 403 g/mol. The predicted octanol–water partition coefficient (Wildman–Crippen LogP) is 4.58. The van der Waals surface area contributed by atoms with Gasteiger partial charge in [0.25, 0.3) is 0 Å². The van der Waals surface area contributed by atoms with E-state index < -0.39 is 23.2 Å². The molecule has 0 bridgehead atoms. The third kappa shape index (κ3) is 4.29. The van der Waals surface area contributed by atoms with Crippen molar-refractivity contribution in [3.05, 3.63) is 47.2 Å². The molecule has 1 aromatic heterocycles. The van der Waals surface area contributed by atoms with Gasteiger partial charge in [0.15, 0.2) is 0 Å². The van der Waals surface area contributed by atoms with Crippen molar-refractivity contribution in [1.29, 1.82) is 0 Å². The number of ether oxygens (including phenoxy) is 1. The lowest BCUT2D eigenvalue weighted by Crippen LogP contribution is -2.39. The molecule has 0 spiro atoms. The Hall–Kier alpha value is -2.16. The zero-order chi connectivity index (χ0) is 20.4. The van der Waals surface area contributed by atoms with Crippen molar-refractivity contribution in [2.24, 2.45) is 5.41 Å². The molecule has 0 unspecified atom stereocenters. The summed E-state index contributed by atoms with van der Waals surface area (Å²) < 4.78 is 75.2. The summed E-state index contributed by atoms with van der Waals surface area (Å²) in [6, 6.07) is 4.49. The molecule has 0 aliphatic heterocycles. The molecule has 9 heteroatoms. The standard InChI is InChI=1S/C19H22F5N3O/c1-25-10-15-9-17(28-11-13-8-14(20)4-5-16(13)21)27(26-15)12-18(19(22,23)24)6-2-3-7-18/h4-5,8-9,25H,2-3,6-7,10-12H2,1H3. The van der Waals surface area contributed by atoms with Gasteiger partial charge < -0.3 is 10.1 Å². The molecule has 28 heavy (non-hydrogen) atoms. The van der Waals surface area contributed by atoms with Gasteiger partial charge in [-0.3, -0.25) is 0 Å². The molecule has 2 aromatic rings. The molecule has 0 amide bonds. The molecule has 1 N–H and O–H groups in total. The Balaban J connectivity index is 1.85. The smallest absolute Gasteiger partial charge is 0.396 e. The molecule has 1 aliphatic rings. The van der Waals surface area contributed by atoms with Crippen molar-refractivity contribution < 1.29 is 26.7 Å². The van der Waals surface area contributed by atoms with E-state index in [0.717, 1.165) is 18.2 Å². The molecule has 3 rings (SSSR count). The number of nitrogens with one attached hydrogen (secondary N) is 1. The fourth-order valence-electron chi connectivity index (χ4n) is 3.62. The third-order valence-corrected chi connectivity index (χ3v) is 5.15. The predicted molar refractivity (Wildman–Crippen MR) is 92.6 cm³/mol. The summed E-state index contributed by atoms with van der Waals surface area (Å²) in [5, 5.41) is 7.12. The van der Waals surface area contributed by atoms with Crippen LogP contribution >= 0.6 is 0 Å². The lowest BCUT2D eigenvalue weighted by atomic mass is 9.85. The second-order valence-corrected chi connectivity index (χ2v) is 7.17. The third-order valence-electron chi connectivity index (χ3n) is 5.15. The van der Waals surface area contributed by atoms with Crippen LogP contribution in [0.2, 0.25) is 0 Å². The fraction of sp³-hybridized carbons (Fsp3) is 0.526. The first-order valence-electron chi connectivity index (χ1n) is 9.09. The zero-order valence-corrected chi connectivity index (χ0v) is 15.5. The van der Waals surface area contributed by atoms with Crippen molar-refractivity contribution in [1.82, 2.24) is 15.1 Å². The highest BCUT2D eigenvalue weighted by atomic mass is 19.4. The Bertz CT molecular complexity index is 812. The molecule has 1 aromatic carbocycles. The van der Waals surface area contributed by atoms with E-state index in [1.54, 1.807) is 7.05 Å². The van der Waals surface area contributed by atoms with E-state index in [1.807, 2.05) is 0 Å². The van der Waals surface area contributed by atoms with Crippen molar-refractivity contribution in [3.63, 3.8) is 0 Å². The summed E-state index contributed by atoms with van der Waals surface area (Å²) in [7, 11) is 1.69. The van der Waals surface area contributed by atoms with Crippen molar-refractivity contribution in [2.75, 3.05) is 7.05 Å². The quantitative estimate of drug-likeness (QED) is 0.688. The minimum absolute atomic E-state index is 0.0192. The number of hydrogen-bond donors (Lipinski definition) is 1. The van der Waals surface area contributed by atoms with Gasteiger partial charge >= 0.3 is 6.18 Å². The Morgan fingerprint density at radius 1 is 1.18 bits per heavy atom. The summed E-state index contributed by atoms with van der Waals surface area (Å²) >= 11 is 0. The van der Waals surface area contributed by atoms with Gasteiger partial charge in [-0.2, -0.15) is 18.3 Å². The summed E-state index contributed by atoms with van der Waals surface area (Å²) in [5.74, 6) is -1.17. The molecule has 4 nitrogen and oxygen atoms in total. The normalized spacial score (nSPS) is 16.5. The molecule has 0 saturated heterocycles. The minimum Gasteiger partial charge on any atom is -0.473 e. The number of rotatable bonds is 7. The van der Waals surface area contributed by atoms with Gasteiger partial charge in [-0.1, -0.05) is 12.8 Å². The van der Waals surface area contributed by atoms with Crippen LogP contribution in [0.4, 0.5) is 22.0 Å². The van der Waals surface area contributed by atoms with Crippen LogP contribution in [0.25, 0.3) is 0 Å². The first-order chi connectivity index (χ1) is 13.2. The molecule has 1 aliphatic carbocycles. The van der Waals surface area contributed by atoms with Crippen LogP contribution in [0, 0.1) is 17.0 Å². The summed E-state index contributed by atoms with van der Waals surface area (Å²) in [6.07, 6.45) is -3.26. The molecule has 154 valence electrons. The highest BCUT2D eigenvalue weighted by molar-refractivity contribution is 5.21. The number of hydrogen-bond acceptors (Lipinski definition) is 3. The van der Waals surface area contributed by atoms with Gasteiger partial charge in [0.2, 0.25) is 5.88 Å². The van der Waals surface area contributed by atoms with E-state index in [1.165, 1.54) is 10.7 Å². The fourth-order valence-corrected chi connectivity index (χ4v) is 3.62. The second-order valence-electron chi connectivity index (χ2n) is 7.17. The summed E-state index contributed by atoms with van der Waals surface area (Å²) in [6.45, 7) is -0.328. The Labute approximate surface area is 159 Å². The number of nitrogens with zero attached hydrogens (tertiary/aromatic N) is 2. The van der Waals surface area contributed by atoms with E-state index in [0.29, 0.717) is 25.1 Å². The monoisotopic (exact) mass is 403 g/mol. The summed E-state index contributed by atoms with van der Waals surface area (Å²) in [4.78, 5) is 0. The van der Waals surface area contributed by atoms with E-state index in [-0.39, 0.29) is 37.4 Å². The average Bonchev–Trinajstić information content (AvgIpc) is 3.24. The maximum absolute atomic E-state index is 13.8. The van der Waals surface area contributed by atoms with Crippen molar-refractivity contribution in [3.8, 4) is 5.88 Å². The van der Waals surface area contributed by atoms with E-state index in [2.05, 4.69) is 10.4 Å². The maximum Gasteiger partial charge on any atom is 0.396 e. The Morgan fingerprint density at radius 3 is 2.54 bits per heavy atom. The SMILES string of the molecule is CNCc1cc(OCc2cc(F)ccc2F)n(CC2(C(F)(F)F)CCCC2)n1. The maximum atomic E-state index is 13.8. The van der Waals surface area contributed by atoms with E-state index in [9.17, 15) is 22.0 Å². The number of alkyl halides is 3. The van der Waals surface area contributed by atoms with Crippen LogP contribution in [-0.2, 0) is 19.7 Å².